The summed E-state index contributed by atoms with van der Waals surface area (Å²) in [5, 5.41) is 12.6. The molecule has 0 radical (unpaired) electrons. The Morgan fingerprint density at radius 3 is 2.52 bits per heavy atom. The summed E-state index contributed by atoms with van der Waals surface area (Å²) in [6, 6.07) is 19.0. The Bertz CT molecular complexity index is 978. The van der Waals surface area contributed by atoms with Gasteiger partial charge in [-0.2, -0.15) is 20.2 Å². The number of aromatic nitrogens is 3. The normalized spacial score (nSPS) is 10.9. The minimum atomic E-state index is 0.0336. The molecule has 0 bridgehead atoms. The first-order valence-corrected chi connectivity index (χ1v) is 8.36. The topological polar surface area (TPSA) is 110 Å². The van der Waals surface area contributed by atoms with Gasteiger partial charge in [0.2, 0.25) is 11.9 Å². The molecule has 7 nitrogen and oxygen atoms in total. The van der Waals surface area contributed by atoms with Crippen molar-refractivity contribution in [3.8, 4) is 11.8 Å². The van der Waals surface area contributed by atoms with Gasteiger partial charge >= 0.3 is 0 Å². The maximum Gasteiger partial charge on any atom is 0.232 e. The molecule has 0 aliphatic rings. The van der Waals surface area contributed by atoms with E-state index in [0.717, 1.165) is 17.0 Å². The Labute approximate surface area is 157 Å². The zero-order valence-electron chi connectivity index (χ0n) is 14.8. The van der Waals surface area contributed by atoms with Crippen LogP contribution in [0.3, 0.4) is 0 Å². The molecule has 7 heteroatoms. The molecule has 0 aliphatic carbocycles. The number of hydrogen-bond donors (Lipinski definition) is 2. The van der Waals surface area contributed by atoms with E-state index >= 15 is 0 Å². The van der Waals surface area contributed by atoms with Crippen molar-refractivity contribution in [3.05, 3.63) is 66.0 Å². The average Bonchev–Trinajstić information content (AvgIpc) is 2.68. The van der Waals surface area contributed by atoms with E-state index < -0.39 is 0 Å². The number of anilines is 3. The van der Waals surface area contributed by atoms with Gasteiger partial charge in [0.15, 0.2) is 5.82 Å². The standard InChI is InChI=1S/C20H18N6O/c1-2-27-17-10-8-14(9-11-17)12-15(13-21)18-24-19(22)26-20(25-18)23-16-6-4-3-5-7-16/h3-12H,2H2,1H3,(H3,22,23,24,25,26). The summed E-state index contributed by atoms with van der Waals surface area (Å²) in [5.41, 5.74) is 7.71. The van der Waals surface area contributed by atoms with Crippen LogP contribution >= 0.6 is 0 Å². The number of nitrogen functional groups attached to an aromatic ring is 1. The van der Waals surface area contributed by atoms with Crippen LogP contribution in [-0.4, -0.2) is 21.6 Å². The van der Waals surface area contributed by atoms with Crippen molar-refractivity contribution in [1.29, 1.82) is 5.26 Å². The predicted octanol–water partition coefficient (Wildman–Crippen LogP) is 3.66. The highest BCUT2D eigenvalue weighted by atomic mass is 16.5. The summed E-state index contributed by atoms with van der Waals surface area (Å²) < 4.78 is 5.42. The number of nitrogens with two attached hydrogens (primary N) is 1. The maximum absolute atomic E-state index is 9.55. The zero-order valence-corrected chi connectivity index (χ0v) is 14.8. The minimum Gasteiger partial charge on any atom is -0.494 e. The summed E-state index contributed by atoms with van der Waals surface area (Å²) in [6.45, 7) is 2.52. The van der Waals surface area contributed by atoms with Crippen molar-refractivity contribution in [1.82, 2.24) is 15.0 Å². The summed E-state index contributed by atoms with van der Waals surface area (Å²) >= 11 is 0. The van der Waals surface area contributed by atoms with Crippen LogP contribution < -0.4 is 15.8 Å². The molecule has 0 unspecified atom stereocenters. The molecule has 0 atom stereocenters. The number of nitriles is 1. The van der Waals surface area contributed by atoms with Crippen LogP contribution in [0.4, 0.5) is 17.6 Å². The Balaban J connectivity index is 1.89. The number of ether oxygens (including phenoxy) is 1. The van der Waals surface area contributed by atoms with Gasteiger partial charge in [0.25, 0.3) is 0 Å². The summed E-state index contributed by atoms with van der Waals surface area (Å²) in [7, 11) is 0. The number of nitrogens with one attached hydrogen (secondary N) is 1. The maximum atomic E-state index is 9.55. The Morgan fingerprint density at radius 1 is 1.11 bits per heavy atom. The fourth-order valence-electron chi connectivity index (χ4n) is 2.36. The van der Waals surface area contributed by atoms with Crippen LogP contribution in [-0.2, 0) is 0 Å². The number of nitrogens with zero attached hydrogens (tertiary/aromatic N) is 4. The lowest BCUT2D eigenvalue weighted by Crippen LogP contribution is -2.06. The SMILES string of the molecule is CCOc1ccc(C=C(C#N)c2nc(N)nc(Nc3ccccc3)n2)cc1. The molecule has 1 heterocycles. The number of hydrogen-bond acceptors (Lipinski definition) is 7. The largest absolute Gasteiger partial charge is 0.494 e. The van der Waals surface area contributed by atoms with Gasteiger partial charge < -0.3 is 15.8 Å². The zero-order chi connectivity index (χ0) is 19.1. The third-order valence-corrected chi connectivity index (χ3v) is 3.55. The molecule has 0 fully saturated rings. The van der Waals surface area contributed by atoms with Gasteiger partial charge in [-0.25, -0.2) is 0 Å². The van der Waals surface area contributed by atoms with Crippen LogP contribution in [0.5, 0.6) is 5.75 Å². The molecular formula is C20H18N6O. The van der Waals surface area contributed by atoms with E-state index in [2.05, 4.69) is 26.3 Å². The van der Waals surface area contributed by atoms with E-state index in [4.69, 9.17) is 10.5 Å². The van der Waals surface area contributed by atoms with Gasteiger partial charge in [0.1, 0.15) is 11.8 Å². The molecule has 0 spiro atoms. The van der Waals surface area contributed by atoms with E-state index in [1.807, 2.05) is 61.5 Å². The Morgan fingerprint density at radius 2 is 1.85 bits per heavy atom. The van der Waals surface area contributed by atoms with Crippen molar-refractivity contribution in [2.45, 2.75) is 6.92 Å². The highest BCUT2D eigenvalue weighted by Crippen LogP contribution is 2.20. The van der Waals surface area contributed by atoms with Crippen LogP contribution in [0, 0.1) is 11.3 Å². The third-order valence-electron chi connectivity index (χ3n) is 3.55. The number of para-hydroxylation sites is 1. The lowest BCUT2D eigenvalue weighted by atomic mass is 10.1. The molecule has 134 valence electrons. The van der Waals surface area contributed by atoms with Crippen LogP contribution in [0.2, 0.25) is 0 Å². The second-order valence-electron chi connectivity index (χ2n) is 5.50. The van der Waals surface area contributed by atoms with Gasteiger partial charge in [-0.1, -0.05) is 30.3 Å². The highest BCUT2D eigenvalue weighted by molar-refractivity contribution is 5.87. The van der Waals surface area contributed by atoms with E-state index in [1.54, 1.807) is 6.08 Å². The lowest BCUT2D eigenvalue weighted by molar-refractivity contribution is 0.340. The molecule has 2 aromatic carbocycles. The number of benzene rings is 2. The molecule has 3 aromatic rings. The first-order chi connectivity index (χ1) is 13.2. The Hall–Kier alpha value is -3.92. The van der Waals surface area contributed by atoms with Crippen molar-refractivity contribution in [2.75, 3.05) is 17.7 Å². The fraction of sp³-hybridized carbons (Fsp3) is 0.100. The fourth-order valence-corrected chi connectivity index (χ4v) is 2.36. The average molecular weight is 358 g/mol. The number of allylic oxidation sites excluding steroid dienone is 1. The molecule has 0 saturated carbocycles. The molecule has 1 aromatic heterocycles. The quantitative estimate of drug-likeness (QED) is 0.647. The van der Waals surface area contributed by atoms with Gasteiger partial charge in [0.05, 0.1) is 12.2 Å². The van der Waals surface area contributed by atoms with Gasteiger partial charge in [-0.15, -0.1) is 0 Å². The van der Waals surface area contributed by atoms with E-state index in [1.165, 1.54) is 0 Å². The molecular weight excluding hydrogens is 340 g/mol. The van der Waals surface area contributed by atoms with Crippen molar-refractivity contribution >= 4 is 29.2 Å². The number of rotatable bonds is 6. The second kappa shape index (κ2) is 8.45. The smallest absolute Gasteiger partial charge is 0.232 e. The molecule has 0 aliphatic heterocycles. The highest BCUT2D eigenvalue weighted by Gasteiger charge is 2.10. The molecule has 3 rings (SSSR count). The summed E-state index contributed by atoms with van der Waals surface area (Å²) in [6.07, 6.45) is 1.69. The van der Waals surface area contributed by atoms with E-state index in [0.29, 0.717) is 6.61 Å². The first kappa shape index (κ1) is 17.9. The molecule has 0 amide bonds. The third kappa shape index (κ3) is 4.80. The van der Waals surface area contributed by atoms with Crippen molar-refractivity contribution in [2.24, 2.45) is 0 Å². The van der Waals surface area contributed by atoms with Crippen molar-refractivity contribution < 1.29 is 4.74 Å². The van der Waals surface area contributed by atoms with Gasteiger partial charge in [0, 0.05) is 5.69 Å². The molecule has 3 N–H and O–H groups in total. The monoisotopic (exact) mass is 358 g/mol. The minimum absolute atomic E-state index is 0.0336. The van der Waals surface area contributed by atoms with Gasteiger partial charge in [-0.3, -0.25) is 0 Å². The van der Waals surface area contributed by atoms with Crippen LogP contribution in [0.25, 0.3) is 11.6 Å². The van der Waals surface area contributed by atoms with E-state index in [9.17, 15) is 5.26 Å². The van der Waals surface area contributed by atoms with Crippen LogP contribution in [0.15, 0.2) is 54.6 Å². The molecule has 27 heavy (non-hydrogen) atoms. The van der Waals surface area contributed by atoms with Crippen LogP contribution in [0.1, 0.15) is 18.3 Å². The molecule has 0 saturated heterocycles. The second-order valence-corrected chi connectivity index (χ2v) is 5.50. The van der Waals surface area contributed by atoms with Crippen molar-refractivity contribution in [3.63, 3.8) is 0 Å². The Kier molecular flexibility index (Phi) is 5.60. The first-order valence-electron chi connectivity index (χ1n) is 8.36. The predicted molar refractivity (Wildman–Crippen MR) is 105 cm³/mol. The van der Waals surface area contributed by atoms with E-state index in [-0.39, 0.29) is 23.3 Å². The lowest BCUT2D eigenvalue weighted by Gasteiger charge is -2.07. The summed E-state index contributed by atoms with van der Waals surface area (Å²) in [4.78, 5) is 12.5. The summed E-state index contributed by atoms with van der Waals surface area (Å²) in [5.74, 6) is 1.28. The van der Waals surface area contributed by atoms with Gasteiger partial charge in [-0.05, 0) is 42.8 Å².